The third-order valence-electron chi connectivity index (χ3n) is 7.11. The van der Waals surface area contributed by atoms with Crippen LogP contribution in [0, 0.1) is 11.8 Å². The normalized spacial score (nSPS) is 19.4. The Morgan fingerprint density at radius 1 is 1.15 bits per heavy atom. The molecule has 0 unspecified atom stereocenters. The van der Waals surface area contributed by atoms with Crippen LogP contribution >= 0.6 is 0 Å². The number of para-hydroxylation sites is 2. The van der Waals surface area contributed by atoms with E-state index >= 15 is 0 Å². The maximum Gasteiger partial charge on any atom is 0.410 e. The van der Waals surface area contributed by atoms with Gasteiger partial charge in [-0.15, -0.1) is 5.10 Å². The van der Waals surface area contributed by atoms with E-state index in [1.807, 2.05) is 54.5 Å². The van der Waals surface area contributed by atoms with Crippen molar-refractivity contribution in [3.8, 4) is 0 Å². The van der Waals surface area contributed by atoms with Gasteiger partial charge in [0.1, 0.15) is 12.1 Å². The van der Waals surface area contributed by atoms with Gasteiger partial charge in [-0.1, -0.05) is 26.0 Å². The molecule has 0 bridgehead atoms. The van der Waals surface area contributed by atoms with Gasteiger partial charge < -0.3 is 23.8 Å². The van der Waals surface area contributed by atoms with Crippen molar-refractivity contribution in [1.82, 2.24) is 19.4 Å². The SMILES string of the molecule is COCCCCn1c(C(=O)N(CC(C)C)[C@H]2C[C@@H](C3=NN=NC3)CN(C(=O)OC(C)(C)C)C2)nc2ccccc21. The topological polar surface area (TPSA) is 114 Å². The number of hydrogen-bond donors (Lipinski definition) is 0. The molecule has 2 aliphatic rings. The molecule has 11 nitrogen and oxygen atoms in total. The van der Waals surface area contributed by atoms with Crippen molar-refractivity contribution in [3.63, 3.8) is 0 Å². The molecule has 0 radical (unpaired) electrons. The van der Waals surface area contributed by atoms with Crippen molar-refractivity contribution in [3.05, 3.63) is 30.1 Å². The lowest BCUT2D eigenvalue weighted by molar-refractivity contribution is 0.00541. The molecule has 0 aliphatic carbocycles. The number of benzene rings is 1. The summed E-state index contributed by atoms with van der Waals surface area (Å²) in [6, 6.07) is 7.61. The standard InChI is InChI=1S/C29H43N7O4/c1-20(2)17-36(27(37)26-31-23-11-7-8-12-25(23)35(26)13-9-10-14-39-6)22-15-21(24-16-30-33-32-24)18-34(19-22)28(38)40-29(3,4)5/h7-8,11-12,20-22H,9-10,13-19H2,1-6H3/t21-,22+/m1/s1. The Kier molecular flexibility index (Phi) is 9.55. The highest BCUT2D eigenvalue weighted by molar-refractivity contribution is 5.95. The zero-order valence-corrected chi connectivity index (χ0v) is 24.7. The highest BCUT2D eigenvalue weighted by atomic mass is 16.6. The first-order chi connectivity index (χ1) is 19.1. The summed E-state index contributed by atoms with van der Waals surface area (Å²) in [6.07, 6.45) is 2.02. The predicted molar refractivity (Wildman–Crippen MR) is 154 cm³/mol. The fourth-order valence-corrected chi connectivity index (χ4v) is 5.35. The number of aryl methyl sites for hydroxylation is 1. The van der Waals surface area contributed by atoms with Crippen LogP contribution in [0.1, 0.15) is 64.5 Å². The fourth-order valence-electron chi connectivity index (χ4n) is 5.35. The number of likely N-dealkylation sites (tertiary alicyclic amines) is 1. The second-order valence-electron chi connectivity index (χ2n) is 12.1. The molecule has 1 aromatic heterocycles. The lowest BCUT2D eigenvalue weighted by Crippen LogP contribution is -2.57. The van der Waals surface area contributed by atoms with Crippen LogP contribution in [0.15, 0.2) is 39.7 Å². The molecule has 2 atom stereocenters. The maximum absolute atomic E-state index is 14.4. The minimum Gasteiger partial charge on any atom is -0.444 e. The summed E-state index contributed by atoms with van der Waals surface area (Å²) in [5.74, 6) is 0.437. The first-order valence-corrected chi connectivity index (χ1v) is 14.2. The highest BCUT2D eigenvalue weighted by Gasteiger charge is 2.40. The van der Waals surface area contributed by atoms with Crippen molar-refractivity contribution in [2.24, 2.45) is 27.3 Å². The van der Waals surface area contributed by atoms with Crippen LogP contribution in [0.5, 0.6) is 0 Å². The van der Waals surface area contributed by atoms with Crippen molar-refractivity contribution >= 4 is 28.7 Å². The molecule has 2 aliphatic heterocycles. The van der Waals surface area contributed by atoms with Crippen LogP contribution in [0.2, 0.25) is 0 Å². The molecular weight excluding hydrogens is 510 g/mol. The molecular formula is C29H43N7O4. The minimum atomic E-state index is -0.629. The number of ether oxygens (including phenoxy) is 2. The van der Waals surface area contributed by atoms with Crippen LogP contribution in [0.3, 0.4) is 0 Å². The highest BCUT2D eigenvalue weighted by Crippen LogP contribution is 2.28. The first-order valence-electron chi connectivity index (χ1n) is 14.2. The summed E-state index contributed by atoms with van der Waals surface area (Å²) in [4.78, 5) is 36.1. The Morgan fingerprint density at radius 2 is 1.93 bits per heavy atom. The van der Waals surface area contributed by atoms with Gasteiger partial charge in [-0.2, -0.15) is 5.11 Å². The second-order valence-corrected chi connectivity index (χ2v) is 12.1. The number of imidazole rings is 1. The van der Waals surface area contributed by atoms with Crippen molar-refractivity contribution in [2.45, 2.75) is 72.1 Å². The van der Waals surface area contributed by atoms with Gasteiger partial charge in [0.15, 0.2) is 5.82 Å². The number of amides is 2. The summed E-state index contributed by atoms with van der Waals surface area (Å²) >= 11 is 0. The van der Waals surface area contributed by atoms with Crippen LogP contribution < -0.4 is 0 Å². The van der Waals surface area contributed by atoms with Crippen molar-refractivity contribution in [2.75, 3.05) is 39.9 Å². The van der Waals surface area contributed by atoms with Gasteiger partial charge >= 0.3 is 6.09 Å². The minimum absolute atomic E-state index is 0.0726. The zero-order valence-electron chi connectivity index (χ0n) is 24.7. The van der Waals surface area contributed by atoms with E-state index in [2.05, 4.69) is 29.3 Å². The molecule has 4 rings (SSSR count). The lowest BCUT2D eigenvalue weighted by Gasteiger charge is -2.43. The van der Waals surface area contributed by atoms with E-state index in [0.717, 1.165) is 29.6 Å². The van der Waals surface area contributed by atoms with Gasteiger partial charge in [0.05, 0.1) is 22.8 Å². The van der Waals surface area contributed by atoms with Gasteiger partial charge in [-0.25, -0.2) is 9.78 Å². The molecule has 218 valence electrons. The van der Waals surface area contributed by atoms with Gasteiger partial charge in [0, 0.05) is 45.8 Å². The van der Waals surface area contributed by atoms with E-state index in [1.165, 1.54) is 0 Å². The molecule has 0 N–H and O–H groups in total. The molecule has 1 fully saturated rings. The summed E-state index contributed by atoms with van der Waals surface area (Å²) in [7, 11) is 1.70. The summed E-state index contributed by atoms with van der Waals surface area (Å²) in [5, 5.41) is 12.1. The Balaban J connectivity index is 1.67. The lowest BCUT2D eigenvalue weighted by atomic mass is 9.89. The average Bonchev–Trinajstić information content (AvgIpc) is 3.57. The zero-order chi connectivity index (χ0) is 28.9. The van der Waals surface area contributed by atoms with Gasteiger partial charge in [-0.3, -0.25) is 4.79 Å². The number of unbranched alkanes of at least 4 members (excludes halogenated alkanes) is 1. The summed E-state index contributed by atoms with van der Waals surface area (Å²) in [6.45, 7) is 12.9. The first kappa shape index (κ1) is 29.6. The Morgan fingerprint density at radius 3 is 2.60 bits per heavy atom. The van der Waals surface area contributed by atoms with Gasteiger partial charge in [-0.05, 0) is 63.3 Å². The third kappa shape index (κ3) is 7.24. The van der Waals surface area contributed by atoms with Crippen LogP contribution in [-0.4, -0.2) is 88.6 Å². The predicted octanol–water partition coefficient (Wildman–Crippen LogP) is 5.01. The maximum atomic E-state index is 14.4. The third-order valence-corrected chi connectivity index (χ3v) is 7.11. The molecule has 1 aromatic carbocycles. The van der Waals surface area contributed by atoms with E-state index in [0.29, 0.717) is 51.6 Å². The van der Waals surface area contributed by atoms with Gasteiger partial charge in [0.2, 0.25) is 0 Å². The number of fused-ring (bicyclic) bond motifs is 1. The second kappa shape index (κ2) is 12.9. The molecule has 0 spiro atoms. The number of methoxy groups -OCH3 is 1. The molecule has 2 aromatic rings. The number of carbonyl (C=O) groups excluding carboxylic acids is 2. The number of aromatic nitrogens is 2. The van der Waals surface area contributed by atoms with E-state index < -0.39 is 11.7 Å². The summed E-state index contributed by atoms with van der Waals surface area (Å²) in [5.41, 5.74) is 1.94. The van der Waals surface area contributed by atoms with E-state index in [1.54, 1.807) is 12.0 Å². The molecule has 1 saturated heterocycles. The van der Waals surface area contributed by atoms with Crippen molar-refractivity contribution < 1.29 is 19.1 Å². The smallest absolute Gasteiger partial charge is 0.410 e. The Labute approximate surface area is 236 Å². The Bertz CT molecular complexity index is 1250. The summed E-state index contributed by atoms with van der Waals surface area (Å²) < 4.78 is 13.0. The quantitative estimate of drug-likeness (QED) is 0.384. The molecule has 0 saturated carbocycles. The van der Waals surface area contributed by atoms with Gasteiger partial charge in [0.25, 0.3) is 5.91 Å². The van der Waals surface area contributed by atoms with Crippen LogP contribution in [-0.2, 0) is 16.0 Å². The number of nitrogens with zero attached hydrogens (tertiary/aromatic N) is 7. The van der Waals surface area contributed by atoms with E-state index in [9.17, 15) is 9.59 Å². The number of rotatable bonds is 10. The molecule has 3 heterocycles. The monoisotopic (exact) mass is 553 g/mol. The van der Waals surface area contributed by atoms with Crippen molar-refractivity contribution in [1.29, 1.82) is 0 Å². The fraction of sp³-hybridized carbons (Fsp3) is 0.655. The molecule has 40 heavy (non-hydrogen) atoms. The molecule has 2 amide bonds. The van der Waals surface area contributed by atoms with E-state index in [4.69, 9.17) is 14.5 Å². The van der Waals surface area contributed by atoms with Crippen LogP contribution in [0.25, 0.3) is 11.0 Å². The number of carbonyl (C=O) groups is 2. The van der Waals surface area contributed by atoms with E-state index in [-0.39, 0.29) is 23.8 Å². The molecule has 11 heteroatoms. The van der Waals surface area contributed by atoms with Crippen LogP contribution in [0.4, 0.5) is 4.79 Å². The average molecular weight is 554 g/mol. The Hall–Kier alpha value is -3.34. The number of hydrogen-bond acceptors (Lipinski definition) is 8. The largest absolute Gasteiger partial charge is 0.444 e. The number of piperidine rings is 1.